The summed E-state index contributed by atoms with van der Waals surface area (Å²) in [6.07, 6.45) is 7.61. The van der Waals surface area contributed by atoms with Gasteiger partial charge in [0.2, 0.25) is 0 Å². The maximum absolute atomic E-state index is 3.97. The molecule has 0 atom stereocenters. The second-order valence-electron chi connectivity index (χ2n) is 3.70. The molecule has 0 saturated carbocycles. The van der Waals surface area contributed by atoms with Crippen LogP contribution in [-0.4, -0.2) is 49.4 Å². The first kappa shape index (κ1) is 11.2. The summed E-state index contributed by atoms with van der Waals surface area (Å²) in [5.74, 6) is 0. The van der Waals surface area contributed by atoms with E-state index in [9.17, 15) is 0 Å². The molecule has 0 radical (unpaired) electrons. The highest BCUT2D eigenvalue weighted by molar-refractivity contribution is 5.55. The molecule has 1 heterocycles. The number of hydrogen-bond acceptors (Lipinski definition) is 2. The van der Waals surface area contributed by atoms with Crippen LogP contribution in [0.4, 0.5) is 0 Å². The number of likely N-dealkylation sites (tertiary alicyclic amines) is 1. The Hall–Kier alpha value is -0.830. The summed E-state index contributed by atoms with van der Waals surface area (Å²) in [6, 6.07) is 0. The molecule has 0 aliphatic carbocycles. The number of hydrogen-bond donors (Lipinski definition) is 0. The van der Waals surface area contributed by atoms with Gasteiger partial charge in [-0.05, 0) is 45.1 Å². The molecule has 14 heavy (non-hydrogen) atoms. The quantitative estimate of drug-likeness (QED) is 0.473. The normalized spacial score (nSPS) is 17.8. The van der Waals surface area contributed by atoms with Crippen molar-refractivity contribution >= 4 is 6.34 Å². The lowest BCUT2D eigenvalue weighted by atomic mass is 10.3. The van der Waals surface area contributed by atoms with Gasteiger partial charge >= 0.3 is 0 Å². The molecule has 3 nitrogen and oxygen atoms in total. The largest absolute Gasteiger partial charge is 0.340 e. The van der Waals surface area contributed by atoms with E-state index in [1.807, 2.05) is 17.4 Å². The van der Waals surface area contributed by atoms with Crippen LogP contribution in [0.1, 0.15) is 19.3 Å². The van der Waals surface area contributed by atoms with Gasteiger partial charge in [-0.25, -0.2) is 0 Å². The van der Waals surface area contributed by atoms with Crippen LogP contribution in [0.25, 0.3) is 0 Å². The smallest absolute Gasteiger partial charge is 0.0885 e. The average Bonchev–Trinajstić information content (AvgIpc) is 2.69. The summed E-state index contributed by atoms with van der Waals surface area (Å²) in [4.78, 5) is 8.54. The molecule has 0 aromatic rings. The van der Waals surface area contributed by atoms with E-state index in [1.54, 1.807) is 7.05 Å². The fourth-order valence-corrected chi connectivity index (χ4v) is 1.83. The summed E-state index contributed by atoms with van der Waals surface area (Å²) >= 11 is 0. The molecule has 0 amide bonds. The molecule has 0 spiro atoms. The molecule has 1 saturated heterocycles. The van der Waals surface area contributed by atoms with Gasteiger partial charge in [0.25, 0.3) is 0 Å². The van der Waals surface area contributed by atoms with E-state index in [0.717, 1.165) is 6.54 Å². The topological polar surface area (TPSA) is 18.8 Å². The summed E-state index contributed by atoms with van der Waals surface area (Å²) in [6.45, 7) is 8.56. The minimum atomic E-state index is 1.03. The van der Waals surface area contributed by atoms with E-state index in [-0.39, 0.29) is 0 Å². The first-order chi connectivity index (χ1) is 6.86. The van der Waals surface area contributed by atoms with Crippen molar-refractivity contribution in [1.29, 1.82) is 0 Å². The maximum atomic E-state index is 3.97. The third-order valence-electron chi connectivity index (χ3n) is 2.59. The molecular weight excluding hydrogens is 174 g/mol. The van der Waals surface area contributed by atoms with Gasteiger partial charge in [-0.2, -0.15) is 0 Å². The lowest BCUT2D eigenvalue weighted by Crippen LogP contribution is -2.25. The summed E-state index contributed by atoms with van der Waals surface area (Å²) in [5, 5.41) is 0. The molecule has 0 aromatic carbocycles. The summed E-state index contributed by atoms with van der Waals surface area (Å²) < 4.78 is 0. The van der Waals surface area contributed by atoms with Gasteiger partial charge in [0.15, 0.2) is 0 Å². The summed E-state index contributed by atoms with van der Waals surface area (Å²) in [7, 11) is 1.79. The van der Waals surface area contributed by atoms with Crippen LogP contribution < -0.4 is 0 Å². The van der Waals surface area contributed by atoms with Crippen molar-refractivity contribution in [2.75, 3.05) is 33.2 Å². The zero-order chi connectivity index (χ0) is 10.2. The first-order valence-corrected chi connectivity index (χ1v) is 5.39. The monoisotopic (exact) mass is 195 g/mol. The Balaban J connectivity index is 2.09. The molecule has 0 aromatic heterocycles. The standard InChI is InChI=1S/C11H21N3/c1-3-13(11-12-2)9-6-10-14-7-4-5-8-14/h3,11H,1,4-10H2,2H3. The van der Waals surface area contributed by atoms with Crippen molar-refractivity contribution < 1.29 is 0 Å². The average molecular weight is 195 g/mol. The predicted molar refractivity (Wildman–Crippen MR) is 61.6 cm³/mol. The minimum Gasteiger partial charge on any atom is -0.340 e. The fourth-order valence-electron chi connectivity index (χ4n) is 1.83. The Morgan fingerprint density at radius 1 is 1.43 bits per heavy atom. The fraction of sp³-hybridized carbons (Fsp3) is 0.727. The third-order valence-corrected chi connectivity index (χ3v) is 2.59. The van der Waals surface area contributed by atoms with Crippen LogP contribution in [0, 0.1) is 0 Å². The molecule has 0 unspecified atom stereocenters. The Morgan fingerprint density at radius 3 is 2.71 bits per heavy atom. The zero-order valence-corrected chi connectivity index (χ0v) is 9.15. The highest BCUT2D eigenvalue weighted by atomic mass is 15.2. The van der Waals surface area contributed by atoms with Crippen molar-refractivity contribution in [2.24, 2.45) is 4.99 Å². The van der Waals surface area contributed by atoms with Crippen LogP contribution in [0.5, 0.6) is 0 Å². The van der Waals surface area contributed by atoms with Gasteiger partial charge < -0.3 is 9.80 Å². The van der Waals surface area contributed by atoms with E-state index in [4.69, 9.17) is 0 Å². The van der Waals surface area contributed by atoms with E-state index in [0.29, 0.717) is 0 Å². The van der Waals surface area contributed by atoms with E-state index >= 15 is 0 Å². The minimum absolute atomic E-state index is 1.03. The third kappa shape index (κ3) is 3.92. The Bertz CT molecular complexity index is 183. The Morgan fingerprint density at radius 2 is 2.14 bits per heavy atom. The Labute approximate surface area is 87.1 Å². The van der Waals surface area contributed by atoms with E-state index < -0.39 is 0 Å². The van der Waals surface area contributed by atoms with Crippen molar-refractivity contribution in [1.82, 2.24) is 9.80 Å². The van der Waals surface area contributed by atoms with Crippen LogP contribution in [0.2, 0.25) is 0 Å². The van der Waals surface area contributed by atoms with Gasteiger partial charge in [-0.1, -0.05) is 6.58 Å². The molecule has 80 valence electrons. The Kier molecular flexibility index (Phi) is 5.30. The van der Waals surface area contributed by atoms with Crippen molar-refractivity contribution in [3.8, 4) is 0 Å². The first-order valence-electron chi connectivity index (χ1n) is 5.39. The second-order valence-corrected chi connectivity index (χ2v) is 3.70. The highest BCUT2D eigenvalue weighted by Gasteiger charge is 2.10. The molecule has 3 heteroatoms. The van der Waals surface area contributed by atoms with E-state index in [2.05, 4.69) is 16.5 Å². The van der Waals surface area contributed by atoms with Gasteiger partial charge in [0, 0.05) is 13.6 Å². The van der Waals surface area contributed by atoms with Gasteiger partial charge in [0.05, 0.1) is 6.34 Å². The molecule has 1 aliphatic rings. The molecule has 0 N–H and O–H groups in total. The molecule has 0 bridgehead atoms. The van der Waals surface area contributed by atoms with Crippen molar-refractivity contribution in [3.05, 3.63) is 12.8 Å². The SMILES string of the molecule is C=CN(C=NC)CCCN1CCCC1. The lowest BCUT2D eigenvalue weighted by Gasteiger charge is -2.17. The predicted octanol–water partition coefficient (Wildman–Crippen LogP) is 1.58. The summed E-state index contributed by atoms with van der Waals surface area (Å²) in [5.41, 5.74) is 0. The second kappa shape index (κ2) is 6.60. The van der Waals surface area contributed by atoms with Crippen LogP contribution in [-0.2, 0) is 0 Å². The van der Waals surface area contributed by atoms with Gasteiger partial charge in [-0.3, -0.25) is 4.99 Å². The molecular formula is C11H21N3. The van der Waals surface area contributed by atoms with Crippen LogP contribution in [0.3, 0.4) is 0 Å². The number of aliphatic imine (C=N–C) groups is 1. The molecule has 1 fully saturated rings. The highest BCUT2D eigenvalue weighted by Crippen LogP contribution is 2.07. The lowest BCUT2D eigenvalue weighted by molar-refractivity contribution is 0.323. The molecule has 1 aliphatic heterocycles. The van der Waals surface area contributed by atoms with Crippen LogP contribution >= 0.6 is 0 Å². The van der Waals surface area contributed by atoms with Gasteiger partial charge in [0.1, 0.15) is 0 Å². The number of nitrogens with zero attached hydrogens (tertiary/aromatic N) is 3. The van der Waals surface area contributed by atoms with Crippen molar-refractivity contribution in [2.45, 2.75) is 19.3 Å². The maximum Gasteiger partial charge on any atom is 0.0885 e. The molecule has 1 rings (SSSR count). The number of rotatable bonds is 6. The van der Waals surface area contributed by atoms with E-state index in [1.165, 1.54) is 38.9 Å². The van der Waals surface area contributed by atoms with Gasteiger partial charge in [-0.15, -0.1) is 0 Å². The van der Waals surface area contributed by atoms with Crippen LogP contribution in [0.15, 0.2) is 17.8 Å². The zero-order valence-electron chi connectivity index (χ0n) is 9.15. The van der Waals surface area contributed by atoms with Crippen molar-refractivity contribution in [3.63, 3.8) is 0 Å².